The lowest BCUT2D eigenvalue weighted by atomic mass is 10.1. The number of aromatic nitrogens is 1. The van der Waals surface area contributed by atoms with Gasteiger partial charge in [0.05, 0.1) is 17.0 Å². The summed E-state index contributed by atoms with van der Waals surface area (Å²) in [6.07, 6.45) is 1.88. The van der Waals surface area contributed by atoms with Crippen molar-refractivity contribution in [3.05, 3.63) is 69.5 Å². The molecule has 146 valence electrons. The minimum absolute atomic E-state index is 0.157. The van der Waals surface area contributed by atoms with Gasteiger partial charge in [-0.1, -0.05) is 40.2 Å². The van der Waals surface area contributed by atoms with E-state index in [0.29, 0.717) is 16.4 Å². The van der Waals surface area contributed by atoms with Gasteiger partial charge in [-0.2, -0.15) is 10.1 Å². The lowest BCUT2D eigenvalue weighted by Crippen LogP contribution is -2.21. The fourth-order valence-corrected chi connectivity index (χ4v) is 4.01. The second-order valence-corrected chi connectivity index (χ2v) is 8.62. The van der Waals surface area contributed by atoms with Crippen LogP contribution in [0.3, 0.4) is 0 Å². The van der Waals surface area contributed by atoms with E-state index in [-0.39, 0.29) is 5.91 Å². The molecular formula is C22H19BrN4OS. The maximum absolute atomic E-state index is 13.0. The molecule has 5 nitrogen and oxygen atoms in total. The predicted octanol–water partition coefficient (Wildman–Crippen LogP) is 5.44. The zero-order valence-corrected chi connectivity index (χ0v) is 18.7. The van der Waals surface area contributed by atoms with Crippen molar-refractivity contribution in [2.75, 3.05) is 24.0 Å². The summed E-state index contributed by atoms with van der Waals surface area (Å²) < 4.78 is 1.01. The van der Waals surface area contributed by atoms with E-state index >= 15 is 0 Å². The van der Waals surface area contributed by atoms with Crippen LogP contribution in [0.2, 0.25) is 0 Å². The SMILES string of the molecule is CC1=NN(c2nc(-c3ccc(Br)cc3)cs2)C(=O)/C1=C/c1ccc(N(C)C)cc1. The number of halogens is 1. The van der Waals surface area contributed by atoms with Gasteiger partial charge in [0.25, 0.3) is 5.91 Å². The molecule has 0 fully saturated rings. The molecule has 1 aromatic heterocycles. The number of hydrazone groups is 1. The number of benzene rings is 2. The Labute approximate surface area is 182 Å². The first-order chi connectivity index (χ1) is 13.9. The van der Waals surface area contributed by atoms with Gasteiger partial charge < -0.3 is 4.90 Å². The van der Waals surface area contributed by atoms with E-state index in [4.69, 9.17) is 0 Å². The molecule has 0 radical (unpaired) electrons. The number of rotatable bonds is 4. The molecule has 1 aliphatic heterocycles. The van der Waals surface area contributed by atoms with Crippen molar-refractivity contribution in [2.45, 2.75) is 6.92 Å². The zero-order valence-electron chi connectivity index (χ0n) is 16.3. The fourth-order valence-electron chi connectivity index (χ4n) is 2.96. The Hall–Kier alpha value is -2.77. The molecule has 0 N–H and O–H groups in total. The monoisotopic (exact) mass is 466 g/mol. The number of thiazole rings is 1. The number of hydrogen-bond donors (Lipinski definition) is 0. The van der Waals surface area contributed by atoms with Crippen molar-refractivity contribution in [2.24, 2.45) is 5.10 Å². The maximum atomic E-state index is 13.0. The van der Waals surface area contributed by atoms with Crippen LogP contribution in [0, 0.1) is 0 Å². The standard InChI is InChI=1S/C22H19BrN4OS/c1-14-19(12-15-4-10-18(11-5-15)26(2)3)21(28)27(25-14)22-24-20(13-29-22)16-6-8-17(23)9-7-16/h4-13H,1-3H3/b19-12+. The van der Waals surface area contributed by atoms with Crippen LogP contribution < -0.4 is 9.91 Å². The quantitative estimate of drug-likeness (QED) is 0.480. The fraction of sp³-hybridized carbons (Fsp3) is 0.136. The van der Waals surface area contributed by atoms with Crippen LogP contribution in [0.15, 0.2) is 69.1 Å². The van der Waals surface area contributed by atoms with Gasteiger partial charge in [-0.3, -0.25) is 4.79 Å². The molecule has 3 aromatic rings. The van der Waals surface area contributed by atoms with Gasteiger partial charge in [0.2, 0.25) is 5.13 Å². The maximum Gasteiger partial charge on any atom is 0.282 e. The summed E-state index contributed by atoms with van der Waals surface area (Å²) in [5.41, 5.74) is 5.18. The Morgan fingerprint density at radius 1 is 1.07 bits per heavy atom. The van der Waals surface area contributed by atoms with E-state index in [0.717, 1.165) is 27.0 Å². The van der Waals surface area contributed by atoms with Gasteiger partial charge in [0.15, 0.2) is 0 Å². The van der Waals surface area contributed by atoms with E-state index in [9.17, 15) is 4.79 Å². The smallest absolute Gasteiger partial charge is 0.282 e. The third-order valence-corrected chi connectivity index (χ3v) is 5.94. The molecule has 2 aromatic carbocycles. The van der Waals surface area contributed by atoms with Crippen LogP contribution in [0.4, 0.5) is 10.8 Å². The van der Waals surface area contributed by atoms with Gasteiger partial charge in [0.1, 0.15) is 0 Å². The lowest BCUT2D eigenvalue weighted by molar-refractivity contribution is -0.114. The van der Waals surface area contributed by atoms with Gasteiger partial charge in [-0.15, -0.1) is 11.3 Å². The Kier molecular flexibility index (Phi) is 5.34. The van der Waals surface area contributed by atoms with Crippen LogP contribution in [0.5, 0.6) is 0 Å². The minimum atomic E-state index is -0.157. The van der Waals surface area contributed by atoms with Crippen LogP contribution in [-0.2, 0) is 4.79 Å². The molecule has 4 rings (SSSR count). The summed E-state index contributed by atoms with van der Waals surface area (Å²) in [5, 5.41) is 8.35. The van der Waals surface area contributed by atoms with Crippen LogP contribution in [0.1, 0.15) is 12.5 Å². The molecule has 0 bridgehead atoms. The third kappa shape index (κ3) is 4.02. The molecule has 1 amide bonds. The van der Waals surface area contributed by atoms with Gasteiger partial charge in [0, 0.05) is 35.2 Å². The predicted molar refractivity (Wildman–Crippen MR) is 125 cm³/mol. The lowest BCUT2D eigenvalue weighted by Gasteiger charge is -2.12. The Morgan fingerprint density at radius 2 is 1.76 bits per heavy atom. The topological polar surface area (TPSA) is 48.8 Å². The number of carbonyl (C=O) groups is 1. The molecule has 1 aliphatic rings. The number of hydrogen-bond acceptors (Lipinski definition) is 5. The van der Waals surface area contributed by atoms with E-state index in [2.05, 4.69) is 26.0 Å². The number of carbonyl (C=O) groups excluding carboxylic acids is 1. The highest BCUT2D eigenvalue weighted by Gasteiger charge is 2.30. The van der Waals surface area contributed by atoms with E-state index in [1.807, 2.05) is 85.9 Å². The van der Waals surface area contributed by atoms with E-state index in [1.165, 1.54) is 16.3 Å². The van der Waals surface area contributed by atoms with Crippen molar-refractivity contribution in [1.29, 1.82) is 0 Å². The summed E-state index contributed by atoms with van der Waals surface area (Å²) in [6.45, 7) is 1.85. The molecule has 0 saturated heterocycles. The van der Waals surface area contributed by atoms with Gasteiger partial charge in [-0.05, 0) is 42.8 Å². The molecule has 0 unspecified atom stereocenters. The van der Waals surface area contributed by atoms with Gasteiger partial charge >= 0.3 is 0 Å². The van der Waals surface area contributed by atoms with Crippen LogP contribution in [-0.4, -0.2) is 30.7 Å². The zero-order chi connectivity index (χ0) is 20.5. The molecule has 0 spiro atoms. The summed E-state index contributed by atoms with van der Waals surface area (Å²) in [7, 11) is 4.00. The molecule has 29 heavy (non-hydrogen) atoms. The first-order valence-electron chi connectivity index (χ1n) is 9.03. The van der Waals surface area contributed by atoms with Crippen molar-refractivity contribution >= 4 is 55.8 Å². The molecule has 2 heterocycles. The van der Waals surface area contributed by atoms with Crippen molar-refractivity contribution in [1.82, 2.24) is 4.98 Å². The highest BCUT2D eigenvalue weighted by Crippen LogP contribution is 2.32. The molecule has 0 atom stereocenters. The van der Waals surface area contributed by atoms with Crippen molar-refractivity contribution in [3.63, 3.8) is 0 Å². The highest BCUT2D eigenvalue weighted by molar-refractivity contribution is 9.10. The highest BCUT2D eigenvalue weighted by atomic mass is 79.9. The first-order valence-corrected chi connectivity index (χ1v) is 10.7. The normalized spacial score (nSPS) is 15.2. The average Bonchev–Trinajstić information content (AvgIpc) is 3.29. The van der Waals surface area contributed by atoms with Crippen molar-refractivity contribution in [3.8, 4) is 11.3 Å². The number of anilines is 2. The summed E-state index contributed by atoms with van der Waals surface area (Å²) in [6, 6.07) is 16.0. The largest absolute Gasteiger partial charge is 0.378 e. The first kappa shape index (κ1) is 19.5. The molecule has 7 heteroatoms. The van der Waals surface area contributed by atoms with E-state index < -0.39 is 0 Å². The van der Waals surface area contributed by atoms with Crippen LogP contribution in [0.25, 0.3) is 17.3 Å². The Balaban J connectivity index is 1.58. The molecular weight excluding hydrogens is 448 g/mol. The van der Waals surface area contributed by atoms with E-state index in [1.54, 1.807) is 0 Å². The Morgan fingerprint density at radius 3 is 2.41 bits per heavy atom. The minimum Gasteiger partial charge on any atom is -0.378 e. The van der Waals surface area contributed by atoms with Crippen molar-refractivity contribution < 1.29 is 4.79 Å². The summed E-state index contributed by atoms with van der Waals surface area (Å²) in [4.78, 5) is 19.6. The Bertz CT molecular complexity index is 1110. The second kappa shape index (κ2) is 7.93. The molecule has 0 saturated carbocycles. The summed E-state index contributed by atoms with van der Waals surface area (Å²) in [5.74, 6) is -0.157. The summed E-state index contributed by atoms with van der Waals surface area (Å²) >= 11 is 4.85. The van der Waals surface area contributed by atoms with Crippen LogP contribution >= 0.6 is 27.3 Å². The van der Waals surface area contributed by atoms with Gasteiger partial charge in [-0.25, -0.2) is 4.98 Å². The third-order valence-electron chi connectivity index (χ3n) is 4.60. The number of nitrogens with zero attached hydrogens (tertiary/aromatic N) is 4. The average molecular weight is 467 g/mol. The second-order valence-electron chi connectivity index (χ2n) is 6.87. The molecule has 0 aliphatic carbocycles. The number of amides is 1.